The number of hydrogen-bond acceptors (Lipinski definition) is 5. The predicted molar refractivity (Wildman–Crippen MR) is 116 cm³/mol. The molecule has 1 saturated heterocycles. The number of anilines is 2. The normalized spacial score (nSPS) is 20.2. The number of carbonyl (C=O) groups excluding carboxylic acids is 1. The van der Waals surface area contributed by atoms with Gasteiger partial charge in [-0.05, 0) is 54.0 Å². The first-order valence-corrected chi connectivity index (χ1v) is 9.40. The number of ether oxygens (including phenoxy) is 1. The Hall–Kier alpha value is -3.41. The molecule has 1 aliphatic rings. The van der Waals surface area contributed by atoms with Crippen LogP contribution >= 0.6 is 0 Å². The number of piperazine rings is 1. The molecule has 1 fully saturated rings. The molecule has 1 aromatic heterocycles. The summed E-state index contributed by atoms with van der Waals surface area (Å²) >= 11 is 0. The van der Waals surface area contributed by atoms with Gasteiger partial charge in [0.15, 0.2) is 5.78 Å². The number of carbonyl (C=O) groups is 1. The lowest BCUT2D eigenvalue weighted by Crippen LogP contribution is -2.46. The van der Waals surface area contributed by atoms with Crippen molar-refractivity contribution in [1.82, 2.24) is 4.98 Å². The summed E-state index contributed by atoms with van der Waals surface area (Å²) in [5, 5.41) is 0. The van der Waals surface area contributed by atoms with Crippen LogP contribution in [0, 0.1) is 0 Å². The molecule has 30 heavy (non-hydrogen) atoms. The highest BCUT2D eigenvalue weighted by atomic mass is 19.1. The first kappa shape index (κ1) is 13.7. The van der Waals surface area contributed by atoms with Crippen molar-refractivity contribution in [3.63, 3.8) is 0 Å². The number of halogens is 1. The standard InChI is InChI=1S/C24H24FN3O2/c25-18-30-22-10-6-20(7-11-22)23(29)17-19-4-8-21(9-5-19)27-13-15-28(16-14-27)24-3-1-2-12-26-24/h1-12H,13-18H2/i6T,7T,15T2,16T2. The first-order chi connectivity index (χ1) is 17.0. The van der Waals surface area contributed by atoms with Crippen molar-refractivity contribution in [1.29, 1.82) is 0 Å². The summed E-state index contributed by atoms with van der Waals surface area (Å²) in [6, 6.07) is 13.6. The molecule has 0 amide bonds. The summed E-state index contributed by atoms with van der Waals surface area (Å²) in [5.74, 6) is -0.217. The lowest BCUT2D eigenvalue weighted by molar-refractivity contribution is 0.0993. The van der Waals surface area contributed by atoms with Crippen molar-refractivity contribution in [2.75, 3.05) is 42.7 Å². The monoisotopic (exact) mass is 417 g/mol. The number of alkyl halides is 1. The molecule has 1 aliphatic heterocycles. The van der Waals surface area contributed by atoms with E-state index < -0.39 is 25.6 Å². The largest absolute Gasteiger partial charge is 0.463 e. The van der Waals surface area contributed by atoms with Gasteiger partial charge in [0.1, 0.15) is 11.6 Å². The molecule has 6 heteroatoms. The number of ketones is 1. The summed E-state index contributed by atoms with van der Waals surface area (Å²) in [6.45, 7) is -5.38. The molecular formula is C24H24FN3O2. The zero-order chi connectivity index (χ0) is 26.1. The summed E-state index contributed by atoms with van der Waals surface area (Å²) in [6.07, 6.45) is 1.42. The topological polar surface area (TPSA) is 45.7 Å². The van der Waals surface area contributed by atoms with Gasteiger partial charge >= 0.3 is 0 Å². The molecule has 0 aliphatic carbocycles. The van der Waals surface area contributed by atoms with E-state index in [1.54, 1.807) is 47.4 Å². The van der Waals surface area contributed by atoms with Gasteiger partial charge in [0, 0.05) is 50.0 Å². The van der Waals surface area contributed by atoms with Crippen LogP contribution in [0.25, 0.3) is 0 Å². The van der Waals surface area contributed by atoms with Gasteiger partial charge in [0.25, 0.3) is 0 Å². The summed E-state index contributed by atoms with van der Waals surface area (Å²) < 4.78 is 67.2. The van der Waals surface area contributed by atoms with E-state index in [-0.39, 0.29) is 48.7 Å². The van der Waals surface area contributed by atoms with Crippen molar-refractivity contribution in [3.8, 4) is 5.75 Å². The molecule has 0 saturated carbocycles. The van der Waals surface area contributed by atoms with E-state index in [4.69, 9.17) is 8.22 Å². The van der Waals surface area contributed by atoms with Gasteiger partial charge in [-0.2, -0.15) is 0 Å². The van der Waals surface area contributed by atoms with Gasteiger partial charge in [0.2, 0.25) is 6.86 Å². The maximum atomic E-state index is 12.8. The fourth-order valence-corrected chi connectivity index (χ4v) is 3.03. The molecule has 0 unspecified atom stereocenters. The number of nitrogens with zero attached hydrogens (tertiary/aromatic N) is 3. The minimum absolute atomic E-state index is 0.0104. The molecule has 3 aromatic rings. The Morgan fingerprint density at radius 2 is 1.80 bits per heavy atom. The molecule has 0 radical (unpaired) electrons. The lowest BCUT2D eigenvalue weighted by Gasteiger charge is -2.36. The van der Waals surface area contributed by atoms with Gasteiger partial charge < -0.3 is 14.5 Å². The Balaban J connectivity index is 1.50. The lowest BCUT2D eigenvalue weighted by atomic mass is 10.0. The molecule has 2 aromatic carbocycles. The Morgan fingerprint density at radius 3 is 2.43 bits per heavy atom. The number of aromatic nitrogens is 1. The second-order valence-electron chi connectivity index (χ2n) is 6.57. The summed E-state index contributed by atoms with van der Waals surface area (Å²) in [5.41, 5.74) is 1.12. The van der Waals surface area contributed by atoms with Crippen molar-refractivity contribution >= 4 is 17.3 Å². The number of rotatable bonds is 7. The van der Waals surface area contributed by atoms with Crippen molar-refractivity contribution in [3.05, 3.63) is 84.0 Å². The Bertz CT molecular complexity index is 1200. The Kier molecular flexibility index (Phi) is 4.30. The van der Waals surface area contributed by atoms with Crippen LogP contribution in [0.4, 0.5) is 15.9 Å². The third-order valence-corrected chi connectivity index (χ3v) is 4.60. The van der Waals surface area contributed by atoms with E-state index in [1.165, 1.54) is 18.3 Å². The highest BCUT2D eigenvalue weighted by Gasteiger charge is 2.18. The zero-order valence-corrected chi connectivity index (χ0v) is 16.1. The van der Waals surface area contributed by atoms with Gasteiger partial charge in [-0.15, -0.1) is 0 Å². The maximum Gasteiger partial charge on any atom is 0.228 e. The molecule has 4 rings (SSSR count). The van der Waals surface area contributed by atoms with Crippen LogP contribution in [-0.4, -0.2) is 43.7 Å². The van der Waals surface area contributed by atoms with Crippen molar-refractivity contribution in [2.24, 2.45) is 0 Å². The quantitative estimate of drug-likeness (QED) is 0.541. The van der Waals surface area contributed by atoms with Crippen LogP contribution in [0.15, 0.2) is 72.9 Å². The first-order valence-electron chi connectivity index (χ1n) is 12.4. The van der Waals surface area contributed by atoms with Crippen molar-refractivity contribution < 1.29 is 22.1 Å². The molecule has 0 N–H and O–H groups in total. The molecule has 154 valence electrons. The van der Waals surface area contributed by atoms with Crippen LogP contribution < -0.4 is 14.5 Å². The molecular weight excluding hydrogens is 381 g/mol. The Labute approximate surface area is 184 Å². The van der Waals surface area contributed by atoms with Crippen LogP contribution in [0.5, 0.6) is 5.75 Å². The van der Waals surface area contributed by atoms with E-state index in [0.717, 1.165) is 4.90 Å². The van der Waals surface area contributed by atoms with Gasteiger partial charge in [-0.1, -0.05) is 18.2 Å². The van der Waals surface area contributed by atoms with E-state index in [2.05, 4.69) is 9.72 Å². The van der Waals surface area contributed by atoms with Gasteiger partial charge in [-0.25, -0.2) is 9.37 Å². The maximum absolute atomic E-state index is 12.8. The molecule has 0 bridgehead atoms. The van der Waals surface area contributed by atoms with Crippen molar-refractivity contribution in [2.45, 2.75) is 6.42 Å². The third-order valence-electron chi connectivity index (χ3n) is 4.60. The van der Waals surface area contributed by atoms with E-state index >= 15 is 0 Å². The number of hydrogen-bond donors (Lipinski definition) is 0. The van der Waals surface area contributed by atoms with Gasteiger partial charge in [0.05, 0.1) is 8.22 Å². The van der Waals surface area contributed by atoms with E-state index in [0.29, 0.717) is 11.3 Å². The van der Waals surface area contributed by atoms with Crippen LogP contribution in [0.2, 0.25) is 0 Å². The molecule has 0 spiro atoms. The second kappa shape index (κ2) is 9.39. The van der Waals surface area contributed by atoms with Crippen LogP contribution in [-0.2, 0) is 6.42 Å². The highest BCUT2D eigenvalue weighted by molar-refractivity contribution is 5.97. The highest BCUT2D eigenvalue weighted by Crippen LogP contribution is 2.21. The fraction of sp³-hybridized carbons (Fsp3) is 0.250. The van der Waals surface area contributed by atoms with Crippen LogP contribution in [0.1, 0.15) is 24.1 Å². The number of Topliss-reactive ketones (excluding diaryl/α,β-unsaturated/α-hetero) is 1. The van der Waals surface area contributed by atoms with E-state index in [9.17, 15) is 9.18 Å². The summed E-state index contributed by atoms with van der Waals surface area (Å²) in [7, 11) is 0. The average molecular weight is 418 g/mol. The fourth-order valence-electron chi connectivity index (χ4n) is 3.03. The van der Waals surface area contributed by atoms with Crippen LogP contribution in [0.3, 0.4) is 0 Å². The smallest absolute Gasteiger partial charge is 0.228 e. The van der Waals surface area contributed by atoms with E-state index in [1.807, 2.05) is 0 Å². The molecule has 2 heterocycles. The SMILES string of the molecule is [3H]c1cc(OCF)cc([3H])c1C(=O)Cc1ccc(N2CC([3H])([3H])N(c3ccccn3)C([3H])([3H])C2)cc1. The molecule has 5 nitrogen and oxygen atoms in total. The number of pyridine rings is 1. The number of benzene rings is 2. The Morgan fingerprint density at radius 1 is 1.07 bits per heavy atom. The van der Waals surface area contributed by atoms with Gasteiger partial charge in [-0.3, -0.25) is 4.79 Å². The minimum Gasteiger partial charge on any atom is -0.463 e. The third kappa shape index (κ3) is 4.76. The minimum atomic E-state index is -2.04. The average Bonchev–Trinajstić information content (AvgIpc) is 2.78. The summed E-state index contributed by atoms with van der Waals surface area (Å²) in [4.78, 5) is 19.6. The predicted octanol–water partition coefficient (Wildman–Crippen LogP) is 4.14. The zero-order valence-electron chi connectivity index (χ0n) is 22.1. The second-order valence-corrected chi connectivity index (χ2v) is 6.57. The molecule has 0 atom stereocenters.